The first kappa shape index (κ1) is 17.3. The topological polar surface area (TPSA) is 84.8 Å². The van der Waals surface area contributed by atoms with E-state index in [-0.39, 0.29) is 5.91 Å². The summed E-state index contributed by atoms with van der Waals surface area (Å²) in [7, 11) is 1.76. The third kappa shape index (κ3) is 4.45. The second-order valence-corrected chi connectivity index (χ2v) is 5.22. The van der Waals surface area contributed by atoms with E-state index >= 15 is 0 Å². The number of aromatic nitrogens is 1. The van der Waals surface area contributed by atoms with Crippen LogP contribution in [0, 0.1) is 5.41 Å². The first-order valence-electron chi connectivity index (χ1n) is 7.59. The molecule has 0 spiro atoms. The number of rotatable bonds is 6. The number of hydrogen-bond acceptors (Lipinski definition) is 4. The SMILES string of the molecule is CC[n+]1cccc(N=Nc2ccc(N(C)C=N)cc2NC(C)=O)c1. The number of benzene rings is 1. The quantitative estimate of drug-likeness (QED) is 0.369. The second-order valence-electron chi connectivity index (χ2n) is 5.22. The van der Waals surface area contributed by atoms with E-state index in [0.29, 0.717) is 11.4 Å². The van der Waals surface area contributed by atoms with Gasteiger partial charge in [0.15, 0.2) is 12.4 Å². The predicted molar refractivity (Wildman–Crippen MR) is 94.4 cm³/mol. The maximum Gasteiger partial charge on any atom is 0.221 e. The fourth-order valence-electron chi connectivity index (χ4n) is 2.07. The molecule has 2 aromatic rings. The maximum absolute atomic E-state index is 11.4. The summed E-state index contributed by atoms with van der Waals surface area (Å²) >= 11 is 0. The van der Waals surface area contributed by atoms with Gasteiger partial charge in [-0.1, -0.05) is 0 Å². The summed E-state index contributed by atoms with van der Waals surface area (Å²) in [6.07, 6.45) is 5.06. The van der Waals surface area contributed by atoms with Crippen molar-refractivity contribution in [3.63, 3.8) is 0 Å². The first-order chi connectivity index (χ1) is 11.5. The molecule has 0 aliphatic carbocycles. The normalized spacial score (nSPS) is 10.6. The van der Waals surface area contributed by atoms with E-state index in [1.807, 2.05) is 42.1 Å². The Balaban J connectivity index is 2.35. The summed E-state index contributed by atoms with van der Waals surface area (Å²) in [5.41, 5.74) is 2.61. The molecule has 1 aromatic heterocycles. The molecule has 1 amide bonds. The molecule has 2 N–H and O–H groups in total. The van der Waals surface area contributed by atoms with Crippen LogP contribution in [-0.4, -0.2) is 19.3 Å². The molecule has 0 fully saturated rings. The van der Waals surface area contributed by atoms with Gasteiger partial charge in [-0.05, 0) is 31.2 Å². The van der Waals surface area contributed by atoms with Gasteiger partial charge in [0.25, 0.3) is 0 Å². The first-order valence-corrected chi connectivity index (χ1v) is 7.59. The molecule has 1 heterocycles. The van der Waals surface area contributed by atoms with Gasteiger partial charge in [0, 0.05) is 25.7 Å². The molecule has 2 rings (SSSR count). The highest BCUT2D eigenvalue weighted by molar-refractivity contribution is 5.93. The van der Waals surface area contributed by atoms with Crippen LogP contribution in [0.1, 0.15) is 13.8 Å². The lowest BCUT2D eigenvalue weighted by Crippen LogP contribution is -2.30. The Hall–Kier alpha value is -3.09. The van der Waals surface area contributed by atoms with Crippen LogP contribution < -0.4 is 14.8 Å². The molecular weight excluding hydrogens is 304 g/mol. The number of aryl methyl sites for hydroxylation is 1. The highest BCUT2D eigenvalue weighted by Crippen LogP contribution is 2.30. The molecule has 0 atom stereocenters. The number of nitrogens with one attached hydrogen (secondary N) is 2. The lowest BCUT2D eigenvalue weighted by Gasteiger charge is -2.14. The molecule has 0 aliphatic rings. The van der Waals surface area contributed by atoms with Gasteiger partial charge < -0.3 is 10.2 Å². The number of carbonyl (C=O) groups excluding carboxylic acids is 1. The Kier molecular flexibility index (Phi) is 5.73. The number of carbonyl (C=O) groups is 1. The van der Waals surface area contributed by atoms with Crippen LogP contribution in [0.5, 0.6) is 0 Å². The van der Waals surface area contributed by atoms with Crippen molar-refractivity contribution < 1.29 is 9.36 Å². The highest BCUT2D eigenvalue weighted by atomic mass is 16.1. The van der Waals surface area contributed by atoms with Crippen LogP contribution in [0.15, 0.2) is 53.0 Å². The summed E-state index contributed by atoms with van der Waals surface area (Å²) in [5, 5.41) is 18.6. The Morgan fingerprint density at radius 3 is 2.83 bits per heavy atom. The van der Waals surface area contributed by atoms with E-state index in [9.17, 15) is 4.79 Å². The number of nitrogens with zero attached hydrogens (tertiary/aromatic N) is 4. The lowest BCUT2D eigenvalue weighted by molar-refractivity contribution is -0.693. The van der Waals surface area contributed by atoms with E-state index in [1.165, 1.54) is 13.3 Å². The van der Waals surface area contributed by atoms with Gasteiger partial charge in [-0.2, -0.15) is 0 Å². The van der Waals surface area contributed by atoms with Crippen molar-refractivity contribution in [3.8, 4) is 0 Å². The average Bonchev–Trinajstić information content (AvgIpc) is 2.59. The van der Waals surface area contributed by atoms with Gasteiger partial charge in [-0.25, -0.2) is 4.57 Å². The van der Waals surface area contributed by atoms with Crippen LogP contribution in [-0.2, 0) is 11.3 Å². The van der Waals surface area contributed by atoms with Crippen LogP contribution in [0.2, 0.25) is 0 Å². The molecule has 124 valence electrons. The van der Waals surface area contributed by atoms with Crippen molar-refractivity contribution in [3.05, 3.63) is 42.7 Å². The molecule has 0 unspecified atom stereocenters. The van der Waals surface area contributed by atoms with E-state index in [4.69, 9.17) is 5.41 Å². The minimum atomic E-state index is -0.190. The summed E-state index contributed by atoms with van der Waals surface area (Å²) in [5.74, 6) is -0.190. The zero-order chi connectivity index (χ0) is 17.5. The van der Waals surface area contributed by atoms with Gasteiger partial charge in [-0.3, -0.25) is 10.2 Å². The van der Waals surface area contributed by atoms with Crippen molar-refractivity contribution in [1.82, 2.24) is 0 Å². The maximum atomic E-state index is 11.4. The summed E-state index contributed by atoms with van der Waals surface area (Å²) in [4.78, 5) is 13.1. The zero-order valence-electron chi connectivity index (χ0n) is 14.0. The van der Waals surface area contributed by atoms with Gasteiger partial charge in [0.2, 0.25) is 5.91 Å². The largest absolute Gasteiger partial charge is 0.336 e. The molecule has 7 heteroatoms. The molecule has 1 aromatic carbocycles. The summed E-state index contributed by atoms with van der Waals surface area (Å²) < 4.78 is 2.01. The van der Waals surface area contributed by atoms with Crippen LogP contribution in [0.3, 0.4) is 0 Å². The lowest BCUT2D eigenvalue weighted by atomic mass is 10.2. The van der Waals surface area contributed by atoms with Crippen molar-refractivity contribution in [2.24, 2.45) is 10.2 Å². The van der Waals surface area contributed by atoms with Gasteiger partial charge in [0.05, 0.1) is 12.0 Å². The highest BCUT2D eigenvalue weighted by Gasteiger charge is 2.08. The Morgan fingerprint density at radius 1 is 1.38 bits per heavy atom. The molecular formula is C17H21N6O+. The van der Waals surface area contributed by atoms with Crippen molar-refractivity contribution in [2.45, 2.75) is 20.4 Å². The van der Waals surface area contributed by atoms with E-state index < -0.39 is 0 Å². The number of hydrogen-bond donors (Lipinski definition) is 2. The second kappa shape index (κ2) is 7.96. The minimum Gasteiger partial charge on any atom is -0.336 e. The van der Waals surface area contributed by atoms with Gasteiger partial charge in [0.1, 0.15) is 17.9 Å². The molecule has 0 aliphatic heterocycles. The smallest absolute Gasteiger partial charge is 0.221 e. The van der Waals surface area contributed by atoms with E-state index in [2.05, 4.69) is 15.5 Å². The number of pyridine rings is 1. The monoisotopic (exact) mass is 325 g/mol. The van der Waals surface area contributed by atoms with Crippen LogP contribution >= 0.6 is 0 Å². The summed E-state index contributed by atoms with van der Waals surface area (Å²) in [6.45, 7) is 4.34. The third-order valence-corrected chi connectivity index (χ3v) is 3.37. The molecule has 24 heavy (non-hydrogen) atoms. The van der Waals surface area contributed by atoms with Gasteiger partial charge >= 0.3 is 0 Å². The Labute approximate surface area is 141 Å². The zero-order valence-corrected chi connectivity index (χ0v) is 14.0. The van der Waals surface area contributed by atoms with E-state index in [1.54, 1.807) is 24.1 Å². The van der Waals surface area contributed by atoms with Crippen molar-refractivity contribution in [1.29, 1.82) is 5.41 Å². The average molecular weight is 325 g/mol. The summed E-state index contributed by atoms with van der Waals surface area (Å²) in [6, 6.07) is 9.13. The number of anilines is 2. The predicted octanol–water partition coefficient (Wildman–Crippen LogP) is 3.41. The molecule has 0 radical (unpaired) electrons. The molecule has 0 bridgehead atoms. The molecule has 0 saturated heterocycles. The fraction of sp³-hybridized carbons (Fsp3) is 0.235. The Morgan fingerprint density at radius 2 is 2.17 bits per heavy atom. The van der Waals surface area contributed by atoms with Crippen molar-refractivity contribution in [2.75, 3.05) is 17.3 Å². The van der Waals surface area contributed by atoms with Crippen molar-refractivity contribution >= 4 is 35.0 Å². The molecule has 0 saturated carbocycles. The molecule has 7 nitrogen and oxygen atoms in total. The van der Waals surface area contributed by atoms with Gasteiger partial charge in [-0.15, -0.1) is 10.2 Å². The van der Waals surface area contributed by atoms with Crippen LogP contribution in [0.4, 0.5) is 22.7 Å². The Bertz CT molecular complexity index is 771. The minimum absolute atomic E-state index is 0.190. The fourth-order valence-corrected chi connectivity index (χ4v) is 2.07. The number of amides is 1. The van der Waals surface area contributed by atoms with E-state index in [0.717, 1.165) is 17.9 Å². The number of azo groups is 1. The van der Waals surface area contributed by atoms with Crippen LogP contribution in [0.25, 0.3) is 0 Å². The third-order valence-electron chi connectivity index (χ3n) is 3.37. The standard InChI is InChI=1S/C17H20N6O/c1-4-23-9-5-6-14(11-23)20-21-16-8-7-15(22(3)12-18)10-17(16)19-13(2)24/h5-12,18H,4H2,1-3H3/p+1.